The van der Waals surface area contributed by atoms with E-state index in [0.29, 0.717) is 18.7 Å². The molecule has 1 fully saturated rings. The third-order valence-corrected chi connectivity index (χ3v) is 3.42. The summed E-state index contributed by atoms with van der Waals surface area (Å²) in [6, 6.07) is 4.80. The lowest BCUT2D eigenvalue weighted by molar-refractivity contribution is -0.132. The van der Waals surface area contributed by atoms with Gasteiger partial charge < -0.3 is 20.6 Å². The smallest absolute Gasteiger partial charge is 0.405 e. The summed E-state index contributed by atoms with van der Waals surface area (Å²) in [5.41, 5.74) is 0.572. The first-order chi connectivity index (χ1) is 10.1. The molecular weight excluding hydrogens is 277 g/mol. The van der Waals surface area contributed by atoms with Crippen molar-refractivity contribution in [3.63, 3.8) is 0 Å². The summed E-state index contributed by atoms with van der Waals surface area (Å²) >= 11 is 0. The predicted molar refractivity (Wildman–Crippen MR) is 74.4 cm³/mol. The molecule has 0 radical (unpaired) electrons. The van der Waals surface area contributed by atoms with Crippen LogP contribution in [0.5, 0.6) is 0 Å². The monoisotopic (exact) mass is 295 g/mol. The van der Waals surface area contributed by atoms with Gasteiger partial charge in [0.25, 0.3) is 0 Å². The molecule has 1 aliphatic heterocycles. The minimum absolute atomic E-state index is 0.0257. The van der Waals surface area contributed by atoms with Gasteiger partial charge in [-0.3, -0.25) is 4.79 Å². The van der Waals surface area contributed by atoms with E-state index < -0.39 is 18.0 Å². The molecule has 0 aromatic heterocycles. The molecule has 2 amide bonds. The number of benzene rings is 1. The fraction of sp³-hybridized carbons (Fsp3) is 0.429. The van der Waals surface area contributed by atoms with Crippen molar-refractivity contribution in [2.75, 3.05) is 26.2 Å². The van der Waals surface area contributed by atoms with Crippen LogP contribution in [0.1, 0.15) is 18.0 Å². The van der Waals surface area contributed by atoms with Crippen LogP contribution in [0.25, 0.3) is 0 Å². The third-order valence-electron chi connectivity index (χ3n) is 3.42. The molecule has 1 aromatic rings. The third kappa shape index (κ3) is 4.42. The van der Waals surface area contributed by atoms with Crippen molar-refractivity contribution in [1.29, 1.82) is 0 Å². The SMILES string of the molecule is O=C(O)N[C@H](CC(=O)N1CCNCC1)c1ccc(F)cc1. The molecule has 7 heteroatoms. The summed E-state index contributed by atoms with van der Waals surface area (Å²) in [5, 5.41) is 14.4. The highest BCUT2D eigenvalue weighted by molar-refractivity contribution is 5.78. The lowest BCUT2D eigenvalue weighted by atomic mass is 10.0. The zero-order valence-electron chi connectivity index (χ0n) is 11.5. The van der Waals surface area contributed by atoms with Crippen LogP contribution < -0.4 is 10.6 Å². The van der Waals surface area contributed by atoms with Crippen molar-refractivity contribution < 1.29 is 19.1 Å². The Morgan fingerprint density at radius 3 is 2.48 bits per heavy atom. The van der Waals surface area contributed by atoms with E-state index >= 15 is 0 Å². The Balaban J connectivity index is 2.06. The number of nitrogens with one attached hydrogen (secondary N) is 2. The number of hydrogen-bond acceptors (Lipinski definition) is 3. The highest BCUT2D eigenvalue weighted by Crippen LogP contribution is 2.19. The molecule has 1 aliphatic rings. The van der Waals surface area contributed by atoms with E-state index in [1.807, 2.05) is 0 Å². The molecule has 0 spiro atoms. The summed E-state index contributed by atoms with van der Waals surface area (Å²) in [6.45, 7) is 2.70. The molecule has 0 bridgehead atoms. The Morgan fingerprint density at radius 2 is 1.90 bits per heavy atom. The molecule has 3 N–H and O–H groups in total. The molecule has 0 aliphatic carbocycles. The van der Waals surface area contributed by atoms with Gasteiger partial charge in [-0.15, -0.1) is 0 Å². The van der Waals surface area contributed by atoms with Gasteiger partial charge in [-0.05, 0) is 17.7 Å². The minimum atomic E-state index is -1.21. The van der Waals surface area contributed by atoms with Gasteiger partial charge in [-0.1, -0.05) is 12.1 Å². The summed E-state index contributed by atoms with van der Waals surface area (Å²) in [5.74, 6) is -0.513. The van der Waals surface area contributed by atoms with Crippen LogP contribution in [0.2, 0.25) is 0 Å². The molecule has 21 heavy (non-hydrogen) atoms. The molecule has 114 valence electrons. The number of halogens is 1. The number of amides is 2. The number of piperazine rings is 1. The maximum Gasteiger partial charge on any atom is 0.405 e. The van der Waals surface area contributed by atoms with Crippen LogP contribution >= 0.6 is 0 Å². The normalized spacial score (nSPS) is 16.3. The Bertz CT molecular complexity index is 501. The fourth-order valence-corrected chi connectivity index (χ4v) is 2.31. The maximum absolute atomic E-state index is 12.9. The van der Waals surface area contributed by atoms with Crippen molar-refractivity contribution in [1.82, 2.24) is 15.5 Å². The second kappa shape index (κ2) is 7.03. The van der Waals surface area contributed by atoms with Gasteiger partial charge in [0.05, 0.1) is 12.5 Å². The zero-order valence-corrected chi connectivity index (χ0v) is 11.5. The fourth-order valence-electron chi connectivity index (χ4n) is 2.31. The van der Waals surface area contributed by atoms with E-state index in [2.05, 4.69) is 10.6 Å². The highest BCUT2D eigenvalue weighted by atomic mass is 19.1. The van der Waals surface area contributed by atoms with Crippen LogP contribution in [-0.2, 0) is 4.79 Å². The highest BCUT2D eigenvalue weighted by Gasteiger charge is 2.23. The van der Waals surface area contributed by atoms with E-state index in [1.165, 1.54) is 24.3 Å². The number of hydrogen-bond donors (Lipinski definition) is 3. The second-order valence-electron chi connectivity index (χ2n) is 4.89. The van der Waals surface area contributed by atoms with Crippen molar-refractivity contribution in [3.05, 3.63) is 35.6 Å². The average molecular weight is 295 g/mol. The number of rotatable bonds is 4. The first-order valence-electron chi connectivity index (χ1n) is 6.79. The molecule has 1 heterocycles. The van der Waals surface area contributed by atoms with E-state index in [1.54, 1.807) is 4.90 Å². The van der Waals surface area contributed by atoms with Crippen molar-refractivity contribution >= 4 is 12.0 Å². The number of carboxylic acid groups (broad SMARTS) is 1. The van der Waals surface area contributed by atoms with E-state index in [0.717, 1.165) is 13.1 Å². The Labute approximate surface area is 121 Å². The summed E-state index contributed by atoms with van der Waals surface area (Å²) in [4.78, 5) is 24.8. The lowest BCUT2D eigenvalue weighted by Gasteiger charge is -2.29. The Morgan fingerprint density at radius 1 is 1.29 bits per heavy atom. The summed E-state index contributed by atoms with van der Waals surface area (Å²) < 4.78 is 12.9. The van der Waals surface area contributed by atoms with Crippen LogP contribution in [-0.4, -0.2) is 48.2 Å². The molecule has 1 saturated heterocycles. The molecule has 2 rings (SSSR count). The largest absolute Gasteiger partial charge is 0.465 e. The van der Waals surface area contributed by atoms with Crippen LogP contribution in [0.3, 0.4) is 0 Å². The summed E-state index contributed by atoms with van der Waals surface area (Å²) in [6.07, 6.45) is -1.18. The number of carbonyl (C=O) groups is 2. The van der Waals surface area contributed by atoms with Crippen LogP contribution in [0, 0.1) is 5.82 Å². The van der Waals surface area contributed by atoms with E-state index in [4.69, 9.17) is 5.11 Å². The van der Waals surface area contributed by atoms with Gasteiger partial charge >= 0.3 is 6.09 Å². The van der Waals surface area contributed by atoms with Crippen molar-refractivity contribution in [3.8, 4) is 0 Å². The summed E-state index contributed by atoms with van der Waals surface area (Å²) in [7, 11) is 0. The molecular formula is C14H18FN3O3. The topological polar surface area (TPSA) is 81.7 Å². The van der Waals surface area contributed by atoms with Crippen molar-refractivity contribution in [2.24, 2.45) is 0 Å². The Hall–Kier alpha value is -2.15. The lowest BCUT2D eigenvalue weighted by Crippen LogP contribution is -2.47. The van der Waals surface area contributed by atoms with Gasteiger partial charge in [0.1, 0.15) is 5.82 Å². The molecule has 0 saturated carbocycles. The molecule has 6 nitrogen and oxygen atoms in total. The Kier molecular flexibility index (Phi) is 5.10. The standard InChI is InChI=1S/C14H18FN3O3/c15-11-3-1-10(2-4-11)12(17-14(20)21)9-13(19)18-7-5-16-6-8-18/h1-4,12,16-17H,5-9H2,(H,20,21)/t12-/m1/s1. The second-order valence-corrected chi connectivity index (χ2v) is 4.89. The first-order valence-corrected chi connectivity index (χ1v) is 6.79. The van der Waals surface area contributed by atoms with Gasteiger partial charge in [-0.2, -0.15) is 0 Å². The molecule has 1 atom stereocenters. The van der Waals surface area contributed by atoms with Gasteiger partial charge in [-0.25, -0.2) is 9.18 Å². The van der Waals surface area contributed by atoms with Crippen LogP contribution in [0.15, 0.2) is 24.3 Å². The maximum atomic E-state index is 12.9. The zero-order chi connectivity index (χ0) is 15.2. The molecule has 0 unspecified atom stereocenters. The van der Waals surface area contributed by atoms with E-state index in [-0.39, 0.29) is 12.3 Å². The quantitative estimate of drug-likeness (QED) is 0.772. The van der Waals surface area contributed by atoms with Gasteiger partial charge in [0, 0.05) is 26.2 Å². The van der Waals surface area contributed by atoms with Crippen molar-refractivity contribution in [2.45, 2.75) is 12.5 Å². The van der Waals surface area contributed by atoms with Crippen LogP contribution in [0.4, 0.5) is 9.18 Å². The number of nitrogens with zero attached hydrogens (tertiary/aromatic N) is 1. The van der Waals surface area contributed by atoms with Gasteiger partial charge in [0.15, 0.2) is 0 Å². The number of carbonyl (C=O) groups excluding carboxylic acids is 1. The van der Waals surface area contributed by atoms with E-state index in [9.17, 15) is 14.0 Å². The first kappa shape index (κ1) is 15.2. The van der Waals surface area contributed by atoms with Gasteiger partial charge in [0.2, 0.25) is 5.91 Å². The molecule has 1 aromatic carbocycles. The predicted octanol–water partition coefficient (Wildman–Crippen LogP) is 0.956. The average Bonchev–Trinajstić information content (AvgIpc) is 2.48. The minimum Gasteiger partial charge on any atom is -0.465 e.